The largest absolute Gasteiger partial charge is 0.465 e. The lowest BCUT2D eigenvalue weighted by atomic mass is 10.0. The molecule has 2 rings (SSSR count). The van der Waals surface area contributed by atoms with Crippen LogP contribution in [0.5, 0.6) is 0 Å². The summed E-state index contributed by atoms with van der Waals surface area (Å²) in [6.07, 6.45) is -8.61. The van der Waals surface area contributed by atoms with Crippen molar-refractivity contribution in [1.29, 1.82) is 0 Å². The third-order valence-corrected chi connectivity index (χ3v) is 8.96. The van der Waals surface area contributed by atoms with Gasteiger partial charge in [0, 0.05) is 55.4 Å². The Bertz CT molecular complexity index is 1210. The predicted molar refractivity (Wildman–Crippen MR) is 158 cm³/mol. The number of carbonyl (C=O) groups is 8. The molecule has 0 unspecified atom stereocenters. The molecule has 17 nitrogen and oxygen atoms in total. The molecular weight excluding hydrogens is 672 g/mol. The zero-order chi connectivity index (χ0) is 35.6. The van der Waals surface area contributed by atoms with Crippen LogP contribution in [0.1, 0.15) is 55.4 Å². The van der Waals surface area contributed by atoms with E-state index in [1.54, 1.807) is 0 Å². The highest BCUT2D eigenvalue weighted by Gasteiger charge is 2.57. The van der Waals surface area contributed by atoms with Crippen molar-refractivity contribution in [3.05, 3.63) is 0 Å². The summed E-state index contributed by atoms with van der Waals surface area (Å²) in [5.74, 6) is -6.30. The summed E-state index contributed by atoms with van der Waals surface area (Å²) < 4.78 is 49.8. The summed E-state index contributed by atoms with van der Waals surface area (Å²) in [6.45, 7) is 8.01. The van der Waals surface area contributed by atoms with Crippen molar-refractivity contribution in [1.82, 2.24) is 0 Å². The van der Waals surface area contributed by atoms with Gasteiger partial charge in [0.15, 0.2) is 36.0 Å². The lowest BCUT2D eigenvalue weighted by Gasteiger charge is -2.48. The van der Waals surface area contributed by atoms with Crippen LogP contribution in [0.15, 0.2) is 0 Å². The molecule has 2 fully saturated rings. The van der Waals surface area contributed by atoms with Crippen molar-refractivity contribution in [2.75, 3.05) is 13.2 Å². The number of hydrogen-bond acceptors (Lipinski definition) is 19. The van der Waals surface area contributed by atoms with E-state index in [-0.39, 0.29) is 13.2 Å². The second-order valence-electron chi connectivity index (χ2n) is 10.3. The lowest BCUT2D eigenvalue weighted by molar-refractivity contribution is -0.211. The molecule has 0 aromatic carbocycles. The Morgan fingerprint density at radius 1 is 0.383 bits per heavy atom. The quantitative estimate of drug-likeness (QED) is 0.200. The van der Waals surface area contributed by atoms with E-state index in [9.17, 15) is 38.4 Å². The van der Waals surface area contributed by atoms with E-state index in [2.05, 4.69) is 0 Å². The minimum absolute atomic E-state index is 0.378. The summed E-state index contributed by atoms with van der Waals surface area (Å²) in [7, 11) is 0. The Morgan fingerprint density at radius 3 is 1.11 bits per heavy atom. The Labute approximate surface area is 278 Å². The van der Waals surface area contributed by atoms with Gasteiger partial charge in [0.25, 0.3) is 0 Å². The van der Waals surface area contributed by atoms with Crippen molar-refractivity contribution >= 4 is 71.3 Å². The molecule has 2 saturated heterocycles. The molecule has 10 atom stereocenters. The molecule has 47 heavy (non-hydrogen) atoms. The van der Waals surface area contributed by atoms with Gasteiger partial charge in [-0.15, -0.1) is 23.5 Å². The predicted octanol–water partition coefficient (Wildman–Crippen LogP) is 0.602. The van der Waals surface area contributed by atoms with Crippen molar-refractivity contribution < 1.29 is 81.0 Å². The molecule has 0 spiro atoms. The van der Waals surface area contributed by atoms with Crippen molar-refractivity contribution in [2.24, 2.45) is 0 Å². The van der Waals surface area contributed by atoms with E-state index in [1.165, 1.54) is 0 Å². The van der Waals surface area contributed by atoms with Gasteiger partial charge in [0.05, 0.1) is 10.5 Å². The first-order valence-electron chi connectivity index (χ1n) is 14.2. The number of esters is 8. The highest BCUT2D eigenvalue weighted by atomic mass is 32.2. The fraction of sp³-hybridized carbons (Fsp3) is 0.714. The molecular formula is C28H38O17S2. The van der Waals surface area contributed by atoms with Crippen LogP contribution in [0.25, 0.3) is 0 Å². The van der Waals surface area contributed by atoms with Crippen molar-refractivity contribution in [3.63, 3.8) is 0 Å². The number of rotatable bonds is 12. The maximum Gasteiger partial charge on any atom is 0.303 e. The molecule has 0 bridgehead atoms. The molecule has 0 amide bonds. The summed E-state index contributed by atoms with van der Waals surface area (Å²) in [4.78, 5) is 96.8. The van der Waals surface area contributed by atoms with Gasteiger partial charge < -0.3 is 42.6 Å². The Kier molecular flexibility index (Phi) is 15.2. The van der Waals surface area contributed by atoms with Gasteiger partial charge in [-0.25, -0.2) is 0 Å². The molecule has 0 aliphatic carbocycles. The molecule has 0 aromatic heterocycles. The topological polar surface area (TPSA) is 220 Å². The number of hydrogen-bond donors (Lipinski definition) is 0. The van der Waals surface area contributed by atoms with Crippen LogP contribution in [-0.2, 0) is 81.0 Å². The van der Waals surface area contributed by atoms with E-state index in [1.807, 2.05) is 0 Å². The van der Waals surface area contributed by atoms with Gasteiger partial charge in [-0.1, -0.05) is 0 Å². The van der Waals surface area contributed by atoms with Crippen LogP contribution < -0.4 is 0 Å². The van der Waals surface area contributed by atoms with E-state index < -0.39 is 106 Å². The normalized spacial score (nSPS) is 30.0. The minimum Gasteiger partial charge on any atom is -0.465 e. The molecule has 264 valence electrons. The van der Waals surface area contributed by atoms with Gasteiger partial charge in [-0.2, -0.15) is 0 Å². The zero-order valence-corrected chi connectivity index (χ0v) is 28.6. The van der Waals surface area contributed by atoms with Crippen LogP contribution >= 0.6 is 23.5 Å². The summed E-state index contributed by atoms with van der Waals surface area (Å²) in [5.41, 5.74) is -2.61. The van der Waals surface area contributed by atoms with Crippen LogP contribution in [-0.4, -0.2) is 119 Å². The summed E-state index contributed by atoms with van der Waals surface area (Å²) in [5, 5.41) is -1.96. The highest BCUT2D eigenvalue weighted by Crippen LogP contribution is 2.44. The molecule has 2 aliphatic heterocycles. The minimum atomic E-state index is -1.51. The van der Waals surface area contributed by atoms with E-state index in [4.69, 9.17) is 42.6 Å². The average molecular weight is 711 g/mol. The standard InChI is InChI=1S/C28H38O17S2/c1-11(29)37-9-19-21(39-13(3)31)23(40-14(4)32)26(43-17(7)35)28(47-19)45-22-20(10-38-12(2)30)46-27(44-18(8)36)25(42-16(6)34)24(22)41-15(5)33/h19-28H,9-10H2,1-8H3/t19-,20-,21-,22-,23+,24+,25-,26-,27+,28+/m1/s1. The number of ether oxygens (including phenoxy) is 9. The van der Waals surface area contributed by atoms with E-state index >= 15 is 0 Å². The van der Waals surface area contributed by atoms with Crippen LogP contribution in [0.2, 0.25) is 0 Å². The van der Waals surface area contributed by atoms with Gasteiger partial charge in [0.2, 0.25) is 0 Å². The first-order chi connectivity index (χ1) is 21.9. The Hall–Kier alpha value is -3.58. The molecule has 0 radical (unpaired) electrons. The van der Waals surface area contributed by atoms with Gasteiger partial charge in [-0.3, -0.25) is 38.4 Å². The molecule has 19 heteroatoms. The maximum atomic E-state index is 12.4. The van der Waals surface area contributed by atoms with E-state index in [0.717, 1.165) is 78.9 Å². The molecule has 0 aromatic rings. The van der Waals surface area contributed by atoms with Crippen LogP contribution in [0, 0.1) is 0 Å². The molecule has 2 aliphatic rings. The van der Waals surface area contributed by atoms with Crippen LogP contribution in [0.4, 0.5) is 0 Å². The van der Waals surface area contributed by atoms with Gasteiger partial charge >= 0.3 is 47.8 Å². The average Bonchev–Trinajstić information content (AvgIpc) is 2.91. The molecule has 0 N–H and O–H groups in total. The first kappa shape index (κ1) is 39.6. The molecule has 0 saturated carbocycles. The smallest absolute Gasteiger partial charge is 0.303 e. The second-order valence-corrected chi connectivity index (χ2v) is 13.0. The number of thioether (sulfide) groups is 2. The SMILES string of the molecule is CC(=O)OC[C@H]1S[C@H](OC(C)=O)[C@H](OC(C)=O)[C@@H](OC(C)=O)[C@@H]1O[C@H]1S[C@H](COC(C)=O)[C@@H](OC(C)=O)[C@H](OC(C)=O)[C@H]1OC(C)=O. The van der Waals surface area contributed by atoms with Gasteiger partial charge in [-0.05, 0) is 0 Å². The third kappa shape index (κ3) is 12.5. The first-order valence-corrected chi connectivity index (χ1v) is 16.0. The Balaban J connectivity index is 2.73. The highest BCUT2D eigenvalue weighted by molar-refractivity contribution is 8.00. The van der Waals surface area contributed by atoms with Crippen molar-refractivity contribution in [3.8, 4) is 0 Å². The zero-order valence-electron chi connectivity index (χ0n) is 26.9. The monoisotopic (exact) mass is 710 g/mol. The second kappa shape index (κ2) is 18.1. The summed E-state index contributed by atoms with van der Waals surface area (Å²) in [6, 6.07) is 0. The fourth-order valence-electron chi connectivity index (χ4n) is 4.73. The Morgan fingerprint density at radius 2 is 0.702 bits per heavy atom. The molecule has 2 heterocycles. The fourth-order valence-corrected chi connectivity index (χ4v) is 7.57. The van der Waals surface area contributed by atoms with Crippen molar-refractivity contribution in [2.45, 2.75) is 113 Å². The lowest BCUT2D eigenvalue weighted by Crippen LogP contribution is -2.63. The van der Waals surface area contributed by atoms with Crippen LogP contribution in [0.3, 0.4) is 0 Å². The van der Waals surface area contributed by atoms with E-state index in [0.29, 0.717) is 0 Å². The maximum absolute atomic E-state index is 12.4. The summed E-state index contributed by atoms with van der Waals surface area (Å²) >= 11 is 1.75. The third-order valence-electron chi connectivity index (χ3n) is 6.17. The van der Waals surface area contributed by atoms with Gasteiger partial charge in [0.1, 0.15) is 24.8 Å². The number of carbonyl (C=O) groups excluding carboxylic acids is 8.